The standard InChI is InChI=1S/C25H44N2O/c1-24(2,3)22(28)21-19(16-12-8-7-9-13-16)20-17-14-10-11-15-18(17)26-23(20)27(21)25(4,5)6/h16-21,23,26H,7-15H2,1-6H3. The third-order valence-corrected chi connectivity index (χ3v) is 8.45. The van der Waals surface area contributed by atoms with Crippen LogP contribution in [0, 0.1) is 29.1 Å². The highest BCUT2D eigenvalue weighted by Gasteiger charge is 2.63. The van der Waals surface area contributed by atoms with Crippen LogP contribution in [0.1, 0.15) is 99.3 Å². The molecule has 28 heavy (non-hydrogen) atoms. The molecule has 160 valence electrons. The predicted molar refractivity (Wildman–Crippen MR) is 116 cm³/mol. The first-order valence-electron chi connectivity index (χ1n) is 12.2. The molecule has 0 aromatic rings. The number of hydrogen-bond donors (Lipinski definition) is 1. The first-order valence-corrected chi connectivity index (χ1v) is 12.2. The zero-order valence-corrected chi connectivity index (χ0v) is 19.3. The van der Waals surface area contributed by atoms with Gasteiger partial charge in [-0.2, -0.15) is 0 Å². The van der Waals surface area contributed by atoms with Gasteiger partial charge in [-0.15, -0.1) is 0 Å². The Balaban J connectivity index is 1.78. The second-order valence-corrected chi connectivity index (χ2v) is 12.4. The number of ketones is 1. The highest BCUT2D eigenvalue weighted by molar-refractivity contribution is 5.89. The van der Waals surface area contributed by atoms with Crippen molar-refractivity contribution in [2.45, 2.75) is 123 Å². The van der Waals surface area contributed by atoms with E-state index in [1.165, 1.54) is 57.8 Å². The number of carbonyl (C=O) groups is 1. The molecule has 4 fully saturated rings. The van der Waals surface area contributed by atoms with Crippen molar-refractivity contribution in [3.63, 3.8) is 0 Å². The minimum Gasteiger partial charge on any atom is -0.298 e. The van der Waals surface area contributed by atoms with Crippen LogP contribution >= 0.6 is 0 Å². The van der Waals surface area contributed by atoms with Gasteiger partial charge in [0, 0.05) is 17.0 Å². The second kappa shape index (κ2) is 7.38. The van der Waals surface area contributed by atoms with E-state index >= 15 is 0 Å². The van der Waals surface area contributed by atoms with E-state index in [0.29, 0.717) is 29.8 Å². The lowest BCUT2D eigenvalue weighted by Gasteiger charge is -2.45. The van der Waals surface area contributed by atoms with Crippen LogP contribution in [0.15, 0.2) is 0 Å². The molecule has 0 amide bonds. The number of nitrogens with zero attached hydrogens (tertiary/aromatic N) is 1. The van der Waals surface area contributed by atoms with Crippen LogP contribution in [-0.2, 0) is 4.79 Å². The zero-order chi connectivity index (χ0) is 20.3. The van der Waals surface area contributed by atoms with Crippen molar-refractivity contribution in [1.29, 1.82) is 0 Å². The van der Waals surface area contributed by atoms with Crippen molar-refractivity contribution in [2.75, 3.05) is 0 Å². The molecule has 1 N–H and O–H groups in total. The maximum Gasteiger partial charge on any atom is 0.155 e. The smallest absolute Gasteiger partial charge is 0.155 e. The molecule has 2 aliphatic carbocycles. The maximum atomic E-state index is 13.9. The molecule has 4 rings (SSSR count). The molecule has 2 saturated carbocycles. The average Bonchev–Trinajstić information content (AvgIpc) is 3.14. The number of nitrogens with one attached hydrogen (secondary N) is 1. The van der Waals surface area contributed by atoms with Gasteiger partial charge in [0.05, 0.1) is 12.2 Å². The van der Waals surface area contributed by atoms with E-state index in [9.17, 15) is 4.79 Å². The van der Waals surface area contributed by atoms with Gasteiger partial charge in [0.1, 0.15) is 0 Å². The van der Waals surface area contributed by atoms with Gasteiger partial charge >= 0.3 is 0 Å². The molecular formula is C25H44N2O. The van der Waals surface area contributed by atoms with Gasteiger partial charge in [-0.3, -0.25) is 15.0 Å². The van der Waals surface area contributed by atoms with Crippen LogP contribution in [0.4, 0.5) is 0 Å². The van der Waals surface area contributed by atoms with Crippen LogP contribution in [0.3, 0.4) is 0 Å². The molecule has 0 spiro atoms. The van der Waals surface area contributed by atoms with Gasteiger partial charge < -0.3 is 0 Å². The first kappa shape index (κ1) is 20.8. The van der Waals surface area contributed by atoms with Gasteiger partial charge in [-0.1, -0.05) is 65.7 Å². The lowest BCUT2D eigenvalue weighted by molar-refractivity contribution is -0.136. The Morgan fingerprint density at radius 2 is 1.43 bits per heavy atom. The number of rotatable bonds is 2. The van der Waals surface area contributed by atoms with Crippen LogP contribution in [0.25, 0.3) is 0 Å². The Bertz CT molecular complexity index is 580. The van der Waals surface area contributed by atoms with E-state index in [1.807, 2.05) is 0 Å². The lowest BCUT2D eigenvalue weighted by atomic mass is 9.64. The Labute approximate surface area is 173 Å². The van der Waals surface area contributed by atoms with Crippen LogP contribution in [-0.4, -0.2) is 34.5 Å². The lowest BCUT2D eigenvalue weighted by Crippen LogP contribution is -2.59. The van der Waals surface area contributed by atoms with Crippen LogP contribution < -0.4 is 5.32 Å². The fourth-order valence-electron chi connectivity index (χ4n) is 7.39. The molecule has 6 unspecified atom stereocenters. The van der Waals surface area contributed by atoms with Gasteiger partial charge in [-0.25, -0.2) is 0 Å². The van der Waals surface area contributed by atoms with E-state index in [4.69, 9.17) is 0 Å². The summed E-state index contributed by atoms with van der Waals surface area (Å²) in [6.45, 7) is 13.4. The predicted octanol–water partition coefficient (Wildman–Crippen LogP) is 5.39. The molecule has 2 aliphatic heterocycles. The highest BCUT2D eigenvalue weighted by Crippen LogP contribution is 2.55. The molecule has 2 saturated heterocycles. The molecule has 6 atom stereocenters. The van der Waals surface area contributed by atoms with Crippen molar-refractivity contribution in [2.24, 2.45) is 29.1 Å². The number of Topliss-reactive ketones (excluding diaryl/α,β-unsaturated/α-hetero) is 1. The minimum absolute atomic E-state index is 0.0123. The molecule has 0 aromatic heterocycles. The van der Waals surface area contributed by atoms with Crippen molar-refractivity contribution in [3.8, 4) is 0 Å². The van der Waals surface area contributed by atoms with E-state index in [0.717, 1.165) is 11.8 Å². The fraction of sp³-hybridized carbons (Fsp3) is 0.960. The summed E-state index contributed by atoms with van der Waals surface area (Å²) < 4.78 is 0. The van der Waals surface area contributed by atoms with Crippen LogP contribution in [0.2, 0.25) is 0 Å². The van der Waals surface area contributed by atoms with E-state index in [-0.39, 0.29) is 17.0 Å². The number of hydrogen-bond acceptors (Lipinski definition) is 3. The maximum absolute atomic E-state index is 13.9. The SMILES string of the molecule is CC(C)(C)C(=O)C1C(C2CCCCC2)C2C3CCCCC3NC2N1C(C)(C)C. The first-order chi connectivity index (χ1) is 13.1. The second-order valence-electron chi connectivity index (χ2n) is 12.4. The minimum atomic E-state index is -0.272. The fourth-order valence-corrected chi connectivity index (χ4v) is 7.39. The summed E-state index contributed by atoms with van der Waals surface area (Å²) in [5.74, 6) is 3.24. The molecular weight excluding hydrogens is 344 g/mol. The summed E-state index contributed by atoms with van der Waals surface area (Å²) in [4.78, 5) is 16.6. The molecule has 0 bridgehead atoms. The van der Waals surface area contributed by atoms with Gasteiger partial charge in [-0.05, 0) is 57.3 Å². The van der Waals surface area contributed by atoms with Crippen molar-refractivity contribution in [1.82, 2.24) is 10.2 Å². The third kappa shape index (κ3) is 3.49. The molecule has 4 aliphatic rings. The highest BCUT2D eigenvalue weighted by atomic mass is 16.1. The van der Waals surface area contributed by atoms with Crippen molar-refractivity contribution >= 4 is 5.78 Å². The van der Waals surface area contributed by atoms with E-state index in [1.54, 1.807) is 0 Å². The number of fused-ring (bicyclic) bond motifs is 3. The summed E-state index contributed by atoms with van der Waals surface area (Å²) >= 11 is 0. The van der Waals surface area contributed by atoms with Gasteiger partial charge in [0.15, 0.2) is 5.78 Å². The van der Waals surface area contributed by atoms with Crippen molar-refractivity contribution in [3.05, 3.63) is 0 Å². The molecule has 0 radical (unpaired) electrons. The number of carbonyl (C=O) groups excluding carboxylic acids is 1. The Kier molecular flexibility index (Phi) is 5.49. The van der Waals surface area contributed by atoms with Crippen LogP contribution in [0.5, 0.6) is 0 Å². The zero-order valence-electron chi connectivity index (χ0n) is 19.3. The topological polar surface area (TPSA) is 32.3 Å². The molecule has 3 heteroatoms. The molecule has 2 heterocycles. The third-order valence-electron chi connectivity index (χ3n) is 8.45. The van der Waals surface area contributed by atoms with E-state index < -0.39 is 0 Å². The summed E-state index contributed by atoms with van der Waals surface area (Å²) in [7, 11) is 0. The summed E-state index contributed by atoms with van der Waals surface area (Å²) in [6, 6.07) is 0.777. The Morgan fingerprint density at radius 1 is 0.821 bits per heavy atom. The average molecular weight is 389 g/mol. The normalized spacial score (nSPS) is 40.4. The van der Waals surface area contributed by atoms with E-state index in [2.05, 4.69) is 51.8 Å². The largest absolute Gasteiger partial charge is 0.298 e. The number of likely N-dealkylation sites (tertiary alicyclic amines) is 1. The quantitative estimate of drug-likeness (QED) is 0.689. The Hall–Kier alpha value is -0.410. The molecule has 0 aromatic carbocycles. The monoisotopic (exact) mass is 388 g/mol. The summed E-state index contributed by atoms with van der Waals surface area (Å²) in [6.07, 6.45) is 12.7. The molecule has 3 nitrogen and oxygen atoms in total. The van der Waals surface area contributed by atoms with Gasteiger partial charge in [0.25, 0.3) is 0 Å². The van der Waals surface area contributed by atoms with Crippen molar-refractivity contribution < 1.29 is 4.79 Å². The summed E-state index contributed by atoms with van der Waals surface area (Å²) in [5, 5.41) is 4.09. The summed E-state index contributed by atoms with van der Waals surface area (Å²) in [5.41, 5.74) is -0.260. The van der Waals surface area contributed by atoms with Gasteiger partial charge in [0.2, 0.25) is 0 Å². The Morgan fingerprint density at radius 3 is 2.04 bits per heavy atom.